The summed E-state index contributed by atoms with van der Waals surface area (Å²) >= 11 is 1.50. The zero-order valence-electron chi connectivity index (χ0n) is 28.1. The first-order valence-corrected chi connectivity index (χ1v) is 17.3. The van der Waals surface area contributed by atoms with Crippen molar-refractivity contribution in [2.24, 2.45) is 5.92 Å². The standard InChI is InChI=1S/C37H45N5O6S/c1-25(2)34(42-37(46)47-18-16-33-26(3)39-24-49-33)35(44)40-30(19-27-11-6-4-7-12-27)21-32(43)31(20-28-13-8-5-9-14-28)41-36(45)48-23-29-15-10-17-38-22-29/h4-15,17,22,24-25,30-32,34,43H,16,18-21,23H2,1-3H3,(H,40,44)(H,41,45)(H,42,46)/t30-,31-,32-,34-/m0/s1. The molecular formula is C37H45N5O6S. The fourth-order valence-electron chi connectivity index (χ4n) is 5.32. The number of benzene rings is 2. The Hall–Kier alpha value is -4.81. The number of thiazole rings is 1. The molecule has 0 saturated heterocycles. The second-order valence-electron chi connectivity index (χ2n) is 12.2. The van der Waals surface area contributed by atoms with Crippen LogP contribution in [0.15, 0.2) is 90.7 Å². The number of carbonyl (C=O) groups is 3. The molecule has 11 nitrogen and oxygen atoms in total. The van der Waals surface area contributed by atoms with Gasteiger partial charge in [0.05, 0.1) is 30.0 Å². The molecule has 12 heteroatoms. The number of hydrogen-bond donors (Lipinski definition) is 4. The van der Waals surface area contributed by atoms with Gasteiger partial charge in [-0.3, -0.25) is 9.78 Å². The van der Waals surface area contributed by atoms with Crippen LogP contribution in [0, 0.1) is 12.8 Å². The summed E-state index contributed by atoms with van der Waals surface area (Å²) in [5, 5.41) is 20.2. The SMILES string of the molecule is Cc1ncsc1CCOC(=O)N[C@H](C(=O)N[C@@H](Cc1ccccc1)C[C@H](O)[C@H](Cc1ccccc1)NC(=O)OCc1cccnc1)C(C)C. The molecule has 0 unspecified atom stereocenters. The van der Waals surface area contributed by atoms with Gasteiger partial charge in [0, 0.05) is 35.3 Å². The fourth-order valence-corrected chi connectivity index (χ4v) is 6.08. The van der Waals surface area contributed by atoms with Crippen LogP contribution in [0.4, 0.5) is 9.59 Å². The highest BCUT2D eigenvalue weighted by Gasteiger charge is 2.30. The molecule has 4 atom stereocenters. The van der Waals surface area contributed by atoms with E-state index in [9.17, 15) is 19.5 Å². The number of amides is 3. The van der Waals surface area contributed by atoms with Gasteiger partial charge in [-0.1, -0.05) is 80.6 Å². The van der Waals surface area contributed by atoms with Gasteiger partial charge >= 0.3 is 12.2 Å². The Morgan fingerprint density at radius 1 is 0.837 bits per heavy atom. The third-order valence-corrected chi connectivity index (χ3v) is 8.98. The van der Waals surface area contributed by atoms with Gasteiger partial charge in [-0.05, 0) is 49.3 Å². The summed E-state index contributed by atoms with van der Waals surface area (Å²) in [7, 11) is 0. The Labute approximate surface area is 291 Å². The van der Waals surface area contributed by atoms with Gasteiger partial charge in [0.25, 0.3) is 0 Å². The summed E-state index contributed by atoms with van der Waals surface area (Å²) in [5.41, 5.74) is 5.26. The summed E-state index contributed by atoms with van der Waals surface area (Å²) in [4.78, 5) is 48.6. The zero-order valence-corrected chi connectivity index (χ0v) is 28.9. The largest absolute Gasteiger partial charge is 0.449 e. The molecule has 0 fully saturated rings. The van der Waals surface area contributed by atoms with Crippen molar-refractivity contribution in [3.8, 4) is 0 Å². The summed E-state index contributed by atoms with van der Waals surface area (Å²) in [6.45, 7) is 5.76. The number of rotatable bonds is 17. The van der Waals surface area contributed by atoms with Crippen molar-refractivity contribution < 1.29 is 29.0 Å². The Morgan fingerprint density at radius 3 is 2.10 bits per heavy atom. The summed E-state index contributed by atoms with van der Waals surface area (Å²) in [6.07, 6.45) is 2.22. The summed E-state index contributed by atoms with van der Waals surface area (Å²) in [6, 6.07) is 20.5. The molecule has 0 radical (unpaired) electrons. The van der Waals surface area contributed by atoms with E-state index in [4.69, 9.17) is 9.47 Å². The Morgan fingerprint density at radius 2 is 1.49 bits per heavy atom. The smallest absolute Gasteiger partial charge is 0.407 e. The van der Waals surface area contributed by atoms with Gasteiger partial charge < -0.3 is 30.5 Å². The molecule has 2 heterocycles. The predicted molar refractivity (Wildman–Crippen MR) is 188 cm³/mol. The first-order valence-electron chi connectivity index (χ1n) is 16.4. The van der Waals surface area contributed by atoms with Crippen LogP contribution in [-0.2, 0) is 40.1 Å². The van der Waals surface area contributed by atoms with Crippen LogP contribution in [0.2, 0.25) is 0 Å². The second-order valence-corrected chi connectivity index (χ2v) is 13.1. The summed E-state index contributed by atoms with van der Waals surface area (Å²) in [5.74, 6) is -0.650. The lowest BCUT2D eigenvalue weighted by Gasteiger charge is -2.30. The van der Waals surface area contributed by atoms with Crippen LogP contribution in [0.3, 0.4) is 0 Å². The number of aliphatic hydroxyl groups is 1. The number of pyridine rings is 1. The van der Waals surface area contributed by atoms with Crippen LogP contribution in [-0.4, -0.2) is 64.0 Å². The number of aliphatic hydroxyl groups excluding tert-OH is 1. The molecular weight excluding hydrogens is 643 g/mol. The van der Waals surface area contributed by atoms with Gasteiger partial charge in [-0.15, -0.1) is 11.3 Å². The molecule has 4 rings (SSSR count). The van der Waals surface area contributed by atoms with E-state index in [1.54, 1.807) is 30.0 Å². The summed E-state index contributed by atoms with van der Waals surface area (Å²) < 4.78 is 10.8. The molecule has 0 aliphatic rings. The molecule has 3 amide bonds. The highest BCUT2D eigenvalue weighted by Crippen LogP contribution is 2.16. The first-order chi connectivity index (χ1) is 23.7. The Bertz CT molecular complexity index is 1590. The number of nitrogens with one attached hydrogen (secondary N) is 3. The van der Waals surface area contributed by atoms with Crippen molar-refractivity contribution in [2.45, 2.75) is 77.3 Å². The highest BCUT2D eigenvalue weighted by molar-refractivity contribution is 7.09. The van der Waals surface area contributed by atoms with Crippen LogP contribution < -0.4 is 16.0 Å². The molecule has 2 aromatic heterocycles. The molecule has 0 aliphatic carbocycles. The van der Waals surface area contributed by atoms with Crippen molar-refractivity contribution in [3.63, 3.8) is 0 Å². The van der Waals surface area contributed by atoms with Gasteiger partial charge in [0.2, 0.25) is 5.91 Å². The average Bonchev–Trinajstić information content (AvgIpc) is 3.51. The molecule has 4 aromatic rings. The number of aromatic nitrogens is 2. The maximum atomic E-state index is 13.7. The Kier molecular flexibility index (Phi) is 14.5. The van der Waals surface area contributed by atoms with Crippen molar-refractivity contribution in [3.05, 3.63) is 118 Å². The van der Waals surface area contributed by atoms with E-state index >= 15 is 0 Å². The van der Waals surface area contributed by atoms with Crippen molar-refractivity contribution in [1.29, 1.82) is 0 Å². The normalized spacial score (nSPS) is 13.5. The van der Waals surface area contributed by atoms with Crippen LogP contribution in [0.1, 0.15) is 47.5 Å². The molecule has 2 aromatic carbocycles. The third kappa shape index (κ3) is 12.6. The third-order valence-electron chi connectivity index (χ3n) is 7.99. The highest BCUT2D eigenvalue weighted by atomic mass is 32.1. The first kappa shape index (κ1) is 37.0. The predicted octanol–water partition coefficient (Wildman–Crippen LogP) is 5.16. The minimum Gasteiger partial charge on any atom is -0.449 e. The van der Waals surface area contributed by atoms with Crippen LogP contribution >= 0.6 is 11.3 Å². The van der Waals surface area contributed by atoms with Crippen molar-refractivity contribution in [2.75, 3.05) is 6.61 Å². The Balaban J connectivity index is 1.44. The van der Waals surface area contributed by atoms with Gasteiger partial charge in [0.1, 0.15) is 12.6 Å². The van der Waals surface area contributed by atoms with Gasteiger partial charge in [-0.2, -0.15) is 0 Å². The monoisotopic (exact) mass is 687 g/mol. The number of nitrogens with zero attached hydrogens (tertiary/aromatic N) is 2. The molecule has 0 aliphatic heterocycles. The van der Waals surface area contributed by atoms with E-state index in [1.165, 1.54) is 11.3 Å². The molecule has 0 spiro atoms. The molecule has 0 bridgehead atoms. The maximum Gasteiger partial charge on any atom is 0.407 e. The van der Waals surface area contributed by atoms with E-state index < -0.39 is 42.3 Å². The van der Waals surface area contributed by atoms with E-state index in [-0.39, 0.29) is 25.6 Å². The number of aryl methyl sites for hydroxylation is 1. The minimum atomic E-state index is -1.06. The van der Waals surface area contributed by atoms with Crippen LogP contribution in [0.5, 0.6) is 0 Å². The fraction of sp³-hybridized carbons (Fsp3) is 0.378. The van der Waals surface area contributed by atoms with Crippen LogP contribution in [0.25, 0.3) is 0 Å². The quantitative estimate of drug-likeness (QED) is 0.119. The second kappa shape index (κ2) is 19.3. The van der Waals surface area contributed by atoms with Gasteiger partial charge in [0.15, 0.2) is 0 Å². The van der Waals surface area contributed by atoms with Crippen molar-refractivity contribution in [1.82, 2.24) is 25.9 Å². The average molecular weight is 688 g/mol. The van der Waals surface area contributed by atoms with Gasteiger partial charge in [-0.25, -0.2) is 14.6 Å². The lowest BCUT2D eigenvalue weighted by Crippen LogP contribution is -2.54. The van der Waals surface area contributed by atoms with Crippen molar-refractivity contribution >= 4 is 29.4 Å². The van der Waals surface area contributed by atoms with E-state index in [0.29, 0.717) is 19.3 Å². The number of hydrogen-bond acceptors (Lipinski definition) is 9. The maximum absolute atomic E-state index is 13.7. The van der Waals surface area contributed by atoms with E-state index in [1.807, 2.05) is 81.4 Å². The molecule has 4 N–H and O–H groups in total. The van der Waals surface area contributed by atoms with E-state index in [0.717, 1.165) is 27.3 Å². The lowest BCUT2D eigenvalue weighted by atomic mass is 9.93. The minimum absolute atomic E-state index is 0.0252. The number of carbonyl (C=O) groups excluding carboxylic acids is 3. The topological polar surface area (TPSA) is 152 Å². The molecule has 260 valence electrons. The molecule has 0 saturated carbocycles. The lowest BCUT2D eigenvalue weighted by molar-refractivity contribution is -0.125. The zero-order chi connectivity index (χ0) is 35.0. The number of alkyl carbamates (subject to hydrolysis) is 2. The van der Waals surface area contributed by atoms with E-state index in [2.05, 4.69) is 25.9 Å². The molecule has 49 heavy (non-hydrogen) atoms. The number of ether oxygens (including phenoxy) is 2.